The number of aliphatic hydroxyl groups excluding tert-OH is 1. The highest BCUT2D eigenvalue weighted by atomic mass is 35.5. The highest BCUT2D eigenvalue weighted by Gasteiger charge is 2.17. The second-order valence-corrected chi connectivity index (χ2v) is 5.19. The number of nitrogens with zero attached hydrogens (tertiary/aromatic N) is 3. The van der Waals surface area contributed by atoms with Gasteiger partial charge in [0.1, 0.15) is 6.10 Å². The van der Waals surface area contributed by atoms with E-state index in [9.17, 15) is 5.11 Å². The maximum absolute atomic E-state index is 9.96. The number of aromatic nitrogens is 2. The molecular weight excluding hydrogens is 246 g/mol. The minimum absolute atomic E-state index is 0.542. The predicted molar refractivity (Wildman–Crippen MR) is 69.1 cm³/mol. The number of thioether (sulfide) groups is 1. The third kappa shape index (κ3) is 3.66. The molecular formula is C10H18ClN3OS. The Labute approximate surface area is 106 Å². The third-order valence-electron chi connectivity index (χ3n) is 2.23. The van der Waals surface area contributed by atoms with E-state index in [1.165, 1.54) is 0 Å². The zero-order valence-corrected chi connectivity index (χ0v) is 11.4. The molecule has 1 atom stereocenters. The lowest BCUT2D eigenvalue weighted by Gasteiger charge is -2.15. The molecule has 92 valence electrons. The molecule has 0 aromatic carbocycles. The van der Waals surface area contributed by atoms with Crippen LogP contribution in [-0.4, -0.2) is 52.4 Å². The van der Waals surface area contributed by atoms with E-state index >= 15 is 0 Å². The molecule has 0 saturated heterocycles. The lowest BCUT2D eigenvalue weighted by Crippen LogP contribution is -2.21. The molecule has 0 aliphatic rings. The maximum Gasteiger partial charge on any atom is 0.106 e. The summed E-state index contributed by atoms with van der Waals surface area (Å²) in [7, 11) is 4.01. The topological polar surface area (TPSA) is 41.3 Å². The van der Waals surface area contributed by atoms with Gasteiger partial charge in [-0.25, -0.2) is 0 Å². The molecule has 1 heterocycles. The Bertz CT molecular complexity index is 330. The summed E-state index contributed by atoms with van der Waals surface area (Å²) in [6.45, 7) is 1.61. The molecule has 1 aromatic heterocycles. The number of halogens is 1. The van der Waals surface area contributed by atoms with Gasteiger partial charge in [-0.2, -0.15) is 16.9 Å². The van der Waals surface area contributed by atoms with Crippen molar-refractivity contribution in [3.63, 3.8) is 0 Å². The summed E-state index contributed by atoms with van der Waals surface area (Å²) in [5.41, 5.74) is 0.720. The first-order chi connectivity index (χ1) is 7.56. The van der Waals surface area contributed by atoms with Gasteiger partial charge in [0, 0.05) is 12.3 Å². The van der Waals surface area contributed by atoms with Crippen LogP contribution in [0.4, 0.5) is 0 Å². The lowest BCUT2D eigenvalue weighted by atomic mass is 10.3. The van der Waals surface area contributed by atoms with Gasteiger partial charge in [-0.1, -0.05) is 11.6 Å². The van der Waals surface area contributed by atoms with Crippen molar-refractivity contribution in [2.45, 2.75) is 12.6 Å². The smallest absolute Gasteiger partial charge is 0.106 e. The monoisotopic (exact) mass is 263 g/mol. The van der Waals surface area contributed by atoms with Crippen molar-refractivity contribution < 1.29 is 5.11 Å². The molecule has 0 radical (unpaired) electrons. The molecule has 0 spiro atoms. The van der Waals surface area contributed by atoms with E-state index in [1.54, 1.807) is 22.6 Å². The summed E-state index contributed by atoms with van der Waals surface area (Å²) >= 11 is 7.61. The molecule has 16 heavy (non-hydrogen) atoms. The van der Waals surface area contributed by atoms with Gasteiger partial charge >= 0.3 is 0 Å². The molecule has 0 amide bonds. The predicted octanol–water partition coefficient (Wildman–Crippen LogP) is 1.49. The Morgan fingerprint density at radius 3 is 2.88 bits per heavy atom. The van der Waals surface area contributed by atoms with Crippen molar-refractivity contribution in [1.29, 1.82) is 0 Å². The lowest BCUT2D eigenvalue weighted by molar-refractivity contribution is 0.190. The van der Waals surface area contributed by atoms with Crippen LogP contribution < -0.4 is 0 Å². The minimum Gasteiger partial charge on any atom is -0.386 e. The first-order valence-corrected chi connectivity index (χ1v) is 6.86. The standard InChI is InChI=1S/C10H18ClN3OS/c1-13(2)4-5-14-10(8(11)6-12-14)9(15)7-16-3/h6,9,15H,4-5,7H2,1-3H3. The average molecular weight is 264 g/mol. The molecule has 1 aromatic rings. The van der Waals surface area contributed by atoms with Gasteiger partial charge < -0.3 is 10.0 Å². The first-order valence-electron chi connectivity index (χ1n) is 5.09. The van der Waals surface area contributed by atoms with Crippen LogP contribution in [-0.2, 0) is 6.54 Å². The van der Waals surface area contributed by atoms with Crippen molar-refractivity contribution in [1.82, 2.24) is 14.7 Å². The summed E-state index contributed by atoms with van der Waals surface area (Å²) in [4.78, 5) is 2.07. The largest absolute Gasteiger partial charge is 0.386 e. The second kappa shape index (κ2) is 6.49. The Balaban J connectivity index is 2.76. The quantitative estimate of drug-likeness (QED) is 0.845. The Hall–Kier alpha value is -0.230. The number of hydrogen-bond donors (Lipinski definition) is 1. The van der Waals surface area contributed by atoms with Crippen molar-refractivity contribution in [2.24, 2.45) is 0 Å². The van der Waals surface area contributed by atoms with Crippen molar-refractivity contribution >= 4 is 23.4 Å². The number of hydrogen-bond acceptors (Lipinski definition) is 4. The van der Waals surface area contributed by atoms with Crippen LogP contribution >= 0.6 is 23.4 Å². The molecule has 0 fully saturated rings. The second-order valence-electron chi connectivity index (χ2n) is 3.88. The van der Waals surface area contributed by atoms with Gasteiger partial charge in [0.2, 0.25) is 0 Å². The number of likely N-dealkylation sites (N-methyl/N-ethyl adjacent to an activating group) is 1. The van der Waals surface area contributed by atoms with E-state index in [1.807, 2.05) is 20.4 Å². The van der Waals surface area contributed by atoms with Gasteiger partial charge in [0.05, 0.1) is 23.5 Å². The van der Waals surface area contributed by atoms with Crippen LogP contribution in [0.2, 0.25) is 5.02 Å². The Morgan fingerprint density at radius 2 is 2.31 bits per heavy atom. The molecule has 1 N–H and O–H groups in total. The van der Waals surface area contributed by atoms with E-state index in [0.717, 1.165) is 18.8 Å². The summed E-state index contributed by atoms with van der Waals surface area (Å²) in [5, 5.41) is 14.7. The maximum atomic E-state index is 9.96. The summed E-state index contributed by atoms with van der Waals surface area (Å²) in [5.74, 6) is 0.632. The molecule has 4 nitrogen and oxygen atoms in total. The van der Waals surface area contributed by atoms with Crippen LogP contribution in [0.5, 0.6) is 0 Å². The third-order valence-corrected chi connectivity index (χ3v) is 3.17. The summed E-state index contributed by atoms with van der Waals surface area (Å²) in [6, 6.07) is 0. The number of rotatable bonds is 6. The van der Waals surface area contributed by atoms with E-state index in [2.05, 4.69) is 10.00 Å². The molecule has 0 saturated carbocycles. The number of aliphatic hydroxyl groups is 1. The SMILES string of the molecule is CSCC(O)c1c(Cl)cnn1CCN(C)C. The van der Waals surface area contributed by atoms with E-state index < -0.39 is 6.10 Å². The molecule has 0 bridgehead atoms. The van der Waals surface area contributed by atoms with Gasteiger partial charge in [-0.3, -0.25) is 4.68 Å². The van der Waals surface area contributed by atoms with Crippen LogP contribution in [0.3, 0.4) is 0 Å². The van der Waals surface area contributed by atoms with Crippen LogP contribution in [0, 0.1) is 0 Å². The summed E-state index contributed by atoms with van der Waals surface area (Å²) in [6.07, 6.45) is 3.00. The summed E-state index contributed by atoms with van der Waals surface area (Å²) < 4.78 is 1.78. The van der Waals surface area contributed by atoms with E-state index in [4.69, 9.17) is 11.6 Å². The van der Waals surface area contributed by atoms with Gasteiger partial charge in [0.25, 0.3) is 0 Å². The van der Waals surface area contributed by atoms with Gasteiger partial charge in [0.15, 0.2) is 0 Å². The Kier molecular flexibility index (Phi) is 5.61. The zero-order chi connectivity index (χ0) is 12.1. The minimum atomic E-state index is -0.549. The van der Waals surface area contributed by atoms with Crippen molar-refractivity contribution in [3.8, 4) is 0 Å². The average Bonchev–Trinajstić information content (AvgIpc) is 2.57. The van der Waals surface area contributed by atoms with Crippen LogP contribution in [0.25, 0.3) is 0 Å². The van der Waals surface area contributed by atoms with Crippen molar-refractivity contribution in [3.05, 3.63) is 16.9 Å². The Morgan fingerprint density at radius 1 is 1.62 bits per heavy atom. The molecule has 0 aliphatic carbocycles. The zero-order valence-electron chi connectivity index (χ0n) is 9.85. The molecule has 6 heteroatoms. The fraction of sp³-hybridized carbons (Fsp3) is 0.700. The highest BCUT2D eigenvalue weighted by molar-refractivity contribution is 7.98. The van der Waals surface area contributed by atoms with Crippen LogP contribution in [0.1, 0.15) is 11.8 Å². The molecule has 1 rings (SSSR count). The molecule has 0 aliphatic heterocycles. The van der Waals surface area contributed by atoms with E-state index in [0.29, 0.717) is 10.8 Å². The fourth-order valence-electron chi connectivity index (χ4n) is 1.41. The first kappa shape index (κ1) is 13.8. The highest BCUT2D eigenvalue weighted by Crippen LogP contribution is 2.24. The van der Waals surface area contributed by atoms with Gasteiger partial charge in [-0.05, 0) is 20.4 Å². The molecule has 1 unspecified atom stereocenters. The van der Waals surface area contributed by atoms with Crippen molar-refractivity contribution in [2.75, 3.05) is 32.6 Å². The van der Waals surface area contributed by atoms with Crippen LogP contribution in [0.15, 0.2) is 6.20 Å². The normalized spacial score (nSPS) is 13.4. The fourth-order valence-corrected chi connectivity index (χ4v) is 2.15. The van der Waals surface area contributed by atoms with Gasteiger partial charge in [-0.15, -0.1) is 0 Å². The van der Waals surface area contributed by atoms with E-state index in [-0.39, 0.29) is 0 Å².